The van der Waals surface area contributed by atoms with Crippen LogP contribution in [0.15, 0.2) is 66.4 Å². The van der Waals surface area contributed by atoms with Crippen LogP contribution in [0, 0.1) is 0 Å². The van der Waals surface area contributed by atoms with Crippen molar-refractivity contribution in [3.8, 4) is 5.75 Å². The predicted octanol–water partition coefficient (Wildman–Crippen LogP) is 4.18. The lowest BCUT2D eigenvalue weighted by Crippen LogP contribution is -2.37. The number of aliphatic hydroxyl groups is 1. The molecule has 2 aromatic heterocycles. The quantitative estimate of drug-likeness (QED) is 0.341. The largest absolute Gasteiger partial charge is 0.497 e. The summed E-state index contributed by atoms with van der Waals surface area (Å²) in [4.78, 5) is 19.2. The molecule has 2 aromatic carbocycles. The van der Waals surface area contributed by atoms with E-state index >= 15 is 0 Å². The van der Waals surface area contributed by atoms with Gasteiger partial charge < -0.3 is 19.3 Å². The third kappa shape index (κ3) is 3.81. The van der Waals surface area contributed by atoms with E-state index in [4.69, 9.17) is 4.74 Å². The van der Waals surface area contributed by atoms with Crippen LogP contribution in [0.25, 0.3) is 10.9 Å². The lowest BCUT2D eigenvalue weighted by molar-refractivity contribution is 0.103. The Morgan fingerprint density at radius 1 is 1.27 bits per heavy atom. The maximum Gasteiger partial charge on any atom is 0.195 e. The Morgan fingerprint density at radius 3 is 2.73 bits per heavy atom. The number of hydrogen-bond acceptors (Lipinski definition) is 6. The van der Waals surface area contributed by atoms with Gasteiger partial charge in [0.25, 0.3) is 0 Å². The van der Waals surface area contributed by atoms with Crippen LogP contribution < -0.4 is 9.64 Å². The molecule has 0 amide bonds. The average Bonchev–Trinajstić information content (AvgIpc) is 3.43. The average molecular weight is 422 g/mol. The number of carbonyl (C=O) groups is 1. The van der Waals surface area contributed by atoms with Crippen molar-refractivity contribution in [3.63, 3.8) is 0 Å². The molecule has 4 aromatic rings. The van der Waals surface area contributed by atoms with E-state index in [2.05, 4.69) is 4.98 Å². The van der Waals surface area contributed by atoms with Gasteiger partial charge in [0, 0.05) is 35.3 Å². The number of ketones is 1. The van der Waals surface area contributed by atoms with E-state index in [1.165, 1.54) is 11.3 Å². The smallest absolute Gasteiger partial charge is 0.195 e. The van der Waals surface area contributed by atoms with E-state index in [-0.39, 0.29) is 5.78 Å². The fraction of sp³-hybridized carbons (Fsp3) is 0.217. The summed E-state index contributed by atoms with van der Waals surface area (Å²) in [6.45, 7) is 2.93. The monoisotopic (exact) mass is 421 g/mol. The van der Waals surface area contributed by atoms with Crippen molar-refractivity contribution in [2.45, 2.75) is 19.7 Å². The number of anilines is 1. The summed E-state index contributed by atoms with van der Waals surface area (Å²) in [6.07, 6.45) is 2.80. The molecule has 0 aliphatic heterocycles. The first-order chi connectivity index (χ1) is 14.6. The SMILES string of the molecule is CCN(c1cncs1)C(O)Cn1cc(C(=O)c2ccccc2)c2ccc(OC)cc21. The summed E-state index contributed by atoms with van der Waals surface area (Å²) >= 11 is 1.48. The van der Waals surface area contributed by atoms with Crippen molar-refractivity contribution >= 4 is 33.0 Å². The van der Waals surface area contributed by atoms with Crippen molar-refractivity contribution in [2.24, 2.45) is 0 Å². The first-order valence-corrected chi connectivity index (χ1v) is 10.6. The molecule has 6 nitrogen and oxygen atoms in total. The van der Waals surface area contributed by atoms with E-state index in [9.17, 15) is 9.90 Å². The number of nitrogens with zero attached hydrogens (tertiary/aromatic N) is 3. The Labute approximate surface area is 179 Å². The molecule has 7 heteroatoms. The van der Waals surface area contributed by atoms with Crippen LogP contribution in [-0.2, 0) is 6.54 Å². The number of aliphatic hydroxyl groups excluding tert-OH is 1. The molecule has 1 unspecified atom stereocenters. The van der Waals surface area contributed by atoms with Crippen LogP contribution in [0.5, 0.6) is 5.75 Å². The Kier molecular flexibility index (Phi) is 5.83. The van der Waals surface area contributed by atoms with E-state index in [0.717, 1.165) is 15.9 Å². The second kappa shape index (κ2) is 8.69. The minimum absolute atomic E-state index is 0.0474. The Hall–Kier alpha value is -3.16. The summed E-state index contributed by atoms with van der Waals surface area (Å²) in [5.41, 5.74) is 3.82. The summed E-state index contributed by atoms with van der Waals surface area (Å²) in [7, 11) is 1.61. The number of methoxy groups -OCH3 is 1. The molecular weight excluding hydrogens is 398 g/mol. The Morgan fingerprint density at radius 2 is 2.07 bits per heavy atom. The van der Waals surface area contributed by atoms with Gasteiger partial charge in [-0.15, -0.1) is 11.3 Å². The van der Waals surface area contributed by atoms with Crippen molar-refractivity contribution in [2.75, 3.05) is 18.6 Å². The van der Waals surface area contributed by atoms with Gasteiger partial charge in [0.2, 0.25) is 0 Å². The fourth-order valence-corrected chi connectivity index (χ4v) is 4.35. The Balaban J connectivity index is 1.74. The number of rotatable bonds is 8. The third-order valence-corrected chi connectivity index (χ3v) is 5.94. The molecule has 30 heavy (non-hydrogen) atoms. The van der Waals surface area contributed by atoms with Gasteiger partial charge in [0.15, 0.2) is 5.78 Å². The number of benzene rings is 2. The number of likely N-dealkylation sites (N-methyl/N-ethyl adjacent to an activating group) is 1. The molecule has 0 saturated heterocycles. The van der Waals surface area contributed by atoms with Crippen LogP contribution in [0.1, 0.15) is 22.8 Å². The molecule has 0 aliphatic rings. The van der Waals surface area contributed by atoms with Crippen LogP contribution in [-0.4, -0.2) is 40.3 Å². The van der Waals surface area contributed by atoms with Crippen LogP contribution >= 0.6 is 11.3 Å². The van der Waals surface area contributed by atoms with Crippen LogP contribution in [0.3, 0.4) is 0 Å². The zero-order valence-corrected chi connectivity index (χ0v) is 17.7. The predicted molar refractivity (Wildman–Crippen MR) is 120 cm³/mol. The first kappa shape index (κ1) is 20.1. The summed E-state index contributed by atoms with van der Waals surface area (Å²) in [6, 6.07) is 14.9. The summed E-state index contributed by atoms with van der Waals surface area (Å²) in [5.74, 6) is 0.652. The van der Waals surface area contributed by atoms with Crippen molar-refractivity contribution < 1.29 is 14.6 Å². The molecule has 0 aliphatic carbocycles. The van der Waals surface area contributed by atoms with Crippen molar-refractivity contribution in [1.82, 2.24) is 9.55 Å². The van der Waals surface area contributed by atoms with Gasteiger partial charge in [-0.05, 0) is 19.1 Å². The van der Waals surface area contributed by atoms with E-state index < -0.39 is 6.23 Å². The second-order valence-corrected chi connectivity index (χ2v) is 7.74. The molecule has 0 radical (unpaired) electrons. The van der Waals surface area contributed by atoms with E-state index in [1.807, 2.05) is 71.1 Å². The second-order valence-electron chi connectivity index (χ2n) is 6.88. The Bertz CT molecular complexity index is 1140. The van der Waals surface area contributed by atoms with E-state index in [1.54, 1.807) is 18.8 Å². The zero-order valence-electron chi connectivity index (χ0n) is 16.9. The number of thiazole rings is 1. The highest BCUT2D eigenvalue weighted by atomic mass is 32.1. The molecule has 0 saturated carbocycles. The van der Waals surface area contributed by atoms with Gasteiger partial charge in [-0.25, -0.2) is 0 Å². The van der Waals surface area contributed by atoms with Crippen LogP contribution in [0.2, 0.25) is 0 Å². The third-order valence-electron chi connectivity index (χ3n) is 5.13. The van der Waals surface area contributed by atoms with Gasteiger partial charge in [0.1, 0.15) is 17.0 Å². The highest BCUT2D eigenvalue weighted by Crippen LogP contribution is 2.29. The van der Waals surface area contributed by atoms with Crippen LogP contribution in [0.4, 0.5) is 5.00 Å². The van der Waals surface area contributed by atoms with Gasteiger partial charge in [0.05, 0.1) is 30.9 Å². The van der Waals surface area contributed by atoms with Crippen molar-refractivity contribution in [1.29, 1.82) is 0 Å². The maximum absolute atomic E-state index is 13.2. The minimum atomic E-state index is -0.767. The molecule has 1 N–H and O–H groups in total. The minimum Gasteiger partial charge on any atom is -0.497 e. The maximum atomic E-state index is 13.2. The van der Waals surface area contributed by atoms with Gasteiger partial charge in [-0.2, -0.15) is 0 Å². The topological polar surface area (TPSA) is 67.6 Å². The molecule has 154 valence electrons. The highest BCUT2D eigenvalue weighted by Gasteiger charge is 2.21. The summed E-state index contributed by atoms with van der Waals surface area (Å²) in [5, 5.41) is 12.7. The first-order valence-electron chi connectivity index (χ1n) is 9.72. The lowest BCUT2D eigenvalue weighted by Gasteiger charge is -2.27. The normalized spacial score (nSPS) is 12.1. The number of fused-ring (bicyclic) bond motifs is 1. The van der Waals surface area contributed by atoms with Gasteiger partial charge in [-0.3, -0.25) is 9.78 Å². The summed E-state index contributed by atoms with van der Waals surface area (Å²) < 4.78 is 7.31. The molecule has 0 fully saturated rings. The molecule has 2 heterocycles. The lowest BCUT2D eigenvalue weighted by atomic mass is 10.0. The fourth-order valence-electron chi connectivity index (χ4n) is 3.61. The standard InChI is InChI=1S/C23H23N3O3S/c1-3-26(22-12-24-15-30-22)21(27)14-25-13-19(23(28)16-7-5-4-6-8-16)18-10-9-17(29-2)11-20(18)25/h4-13,15,21,27H,3,14H2,1-2H3. The number of hydrogen-bond donors (Lipinski definition) is 1. The molecular formula is C23H23N3O3S. The molecule has 0 spiro atoms. The molecule has 4 rings (SSSR count). The molecule has 0 bridgehead atoms. The highest BCUT2D eigenvalue weighted by molar-refractivity contribution is 7.13. The zero-order chi connectivity index (χ0) is 21.1. The number of carbonyl (C=O) groups excluding carboxylic acids is 1. The number of ether oxygens (including phenoxy) is 1. The van der Waals surface area contributed by atoms with Crippen molar-refractivity contribution in [3.05, 3.63) is 77.6 Å². The molecule has 1 atom stereocenters. The van der Waals surface area contributed by atoms with E-state index in [0.29, 0.717) is 30.0 Å². The van der Waals surface area contributed by atoms with Gasteiger partial charge in [-0.1, -0.05) is 30.3 Å². The number of aromatic nitrogens is 2. The van der Waals surface area contributed by atoms with Gasteiger partial charge >= 0.3 is 0 Å².